The van der Waals surface area contributed by atoms with Gasteiger partial charge in [0.05, 0.1) is 11.1 Å². The van der Waals surface area contributed by atoms with E-state index in [0.29, 0.717) is 28.3 Å². The maximum Gasteiger partial charge on any atom is 0.328 e. The van der Waals surface area contributed by atoms with Gasteiger partial charge in [0.15, 0.2) is 0 Å². The molecule has 9 heteroatoms. The number of carboxylic acid groups (broad SMARTS) is 1. The lowest BCUT2D eigenvalue weighted by Crippen LogP contribution is -2.16. The Morgan fingerprint density at radius 3 is 2.85 bits per heavy atom. The minimum absolute atomic E-state index is 0.399. The van der Waals surface area contributed by atoms with Gasteiger partial charge in [0, 0.05) is 10.0 Å². The fraction of sp³-hybridized carbons (Fsp3) is 0.118. The molecule has 0 aliphatic carbocycles. The number of hydrogen-bond donors (Lipinski definition) is 1. The summed E-state index contributed by atoms with van der Waals surface area (Å²) in [7, 11) is 0. The lowest BCUT2D eigenvalue weighted by atomic mass is 10.2. The zero-order chi connectivity index (χ0) is 18.3. The van der Waals surface area contributed by atoms with Gasteiger partial charge in [-0.15, -0.1) is 5.10 Å². The average Bonchev–Trinajstić information content (AvgIpc) is 3.28. The van der Waals surface area contributed by atoms with Gasteiger partial charge in [-0.25, -0.2) is 9.48 Å². The third kappa shape index (κ3) is 2.76. The van der Waals surface area contributed by atoms with Crippen molar-refractivity contribution in [3.63, 3.8) is 0 Å². The molecular weight excluding hydrogens is 402 g/mol. The van der Waals surface area contributed by atoms with Crippen molar-refractivity contribution < 1.29 is 14.4 Å². The first kappa shape index (κ1) is 16.4. The Bertz CT molecular complexity index is 1120. The lowest BCUT2D eigenvalue weighted by molar-refractivity contribution is -0.140. The summed E-state index contributed by atoms with van der Waals surface area (Å²) < 4.78 is 7.59. The van der Waals surface area contributed by atoms with Gasteiger partial charge in [0.1, 0.15) is 11.6 Å². The number of nitrogens with zero attached hydrogens (tertiary/aromatic N) is 5. The number of carbonyl (C=O) groups is 1. The molecule has 1 unspecified atom stereocenters. The second-order valence-corrected chi connectivity index (χ2v) is 6.51. The molecule has 130 valence electrons. The first-order valence-electron chi connectivity index (χ1n) is 7.71. The van der Waals surface area contributed by atoms with E-state index >= 15 is 0 Å². The number of benzene rings is 2. The van der Waals surface area contributed by atoms with E-state index in [4.69, 9.17) is 9.63 Å². The molecule has 0 bridgehead atoms. The molecule has 0 aliphatic rings. The summed E-state index contributed by atoms with van der Waals surface area (Å²) in [4.78, 5) is 15.6. The fourth-order valence-corrected chi connectivity index (χ4v) is 3.01. The van der Waals surface area contributed by atoms with Gasteiger partial charge in [0.25, 0.3) is 5.89 Å². The van der Waals surface area contributed by atoms with Crippen molar-refractivity contribution >= 4 is 32.9 Å². The summed E-state index contributed by atoms with van der Waals surface area (Å²) in [5.74, 6) is -0.161. The predicted octanol–water partition coefficient (Wildman–Crippen LogP) is 3.56. The SMILES string of the molecule is CC(C(=O)O)n1nnc2cc(-c3noc(-c4ccccc4Br)n3)ccc21. The van der Waals surface area contributed by atoms with Gasteiger partial charge < -0.3 is 9.63 Å². The number of aliphatic carboxylic acids is 1. The highest BCUT2D eigenvalue weighted by molar-refractivity contribution is 9.10. The van der Waals surface area contributed by atoms with Crippen molar-refractivity contribution in [3.8, 4) is 22.8 Å². The maximum absolute atomic E-state index is 11.2. The summed E-state index contributed by atoms with van der Waals surface area (Å²) in [6.45, 7) is 1.55. The molecule has 1 N–H and O–H groups in total. The predicted molar refractivity (Wildman–Crippen MR) is 96.3 cm³/mol. The largest absolute Gasteiger partial charge is 0.480 e. The molecule has 0 saturated heterocycles. The molecule has 4 aromatic rings. The molecule has 26 heavy (non-hydrogen) atoms. The van der Waals surface area contributed by atoms with Crippen LogP contribution in [0.25, 0.3) is 33.9 Å². The van der Waals surface area contributed by atoms with Crippen molar-refractivity contribution in [2.75, 3.05) is 0 Å². The summed E-state index contributed by atoms with van der Waals surface area (Å²) in [5, 5.41) is 21.2. The average molecular weight is 414 g/mol. The number of hydrogen-bond acceptors (Lipinski definition) is 6. The second kappa shape index (κ2) is 6.34. The number of halogens is 1. The smallest absolute Gasteiger partial charge is 0.328 e. The second-order valence-electron chi connectivity index (χ2n) is 5.65. The first-order chi connectivity index (χ1) is 12.5. The Morgan fingerprint density at radius 1 is 1.27 bits per heavy atom. The quantitative estimate of drug-likeness (QED) is 0.544. The lowest BCUT2D eigenvalue weighted by Gasteiger charge is -2.06. The van der Waals surface area contributed by atoms with Crippen LogP contribution < -0.4 is 0 Å². The van der Waals surface area contributed by atoms with Gasteiger partial charge in [-0.2, -0.15) is 4.98 Å². The molecule has 1 atom stereocenters. The molecule has 0 amide bonds. The van der Waals surface area contributed by atoms with E-state index in [0.717, 1.165) is 10.0 Å². The zero-order valence-electron chi connectivity index (χ0n) is 13.5. The Balaban J connectivity index is 1.72. The standard InChI is InChI=1S/C17H12BrN5O3/c1-9(17(24)25)23-14-7-6-10(8-13(14)20-22-23)15-19-16(26-21-15)11-4-2-3-5-12(11)18/h2-9H,1H3,(H,24,25). The number of fused-ring (bicyclic) bond motifs is 1. The van der Waals surface area contributed by atoms with Crippen LogP contribution in [0.3, 0.4) is 0 Å². The molecular formula is C17H12BrN5O3. The van der Waals surface area contributed by atoms with E-state index < -0.39 is 12.0 Å². The molecule has 2 heterocycles. The van der Waals surface area contributed by atoms with E-state index in [9.17, 15) is 4.79 Å². The van der Waals surface area contributed by atoms with Crippen LogP contribution in [0, 0.1) is 0 Å². The molecule has 0 fully saturated rings. The van der Waals surface area contributed by atoms with E-state index in [1.807, 2.05) is 24.3 Å². The van der Waals surface area contributed by atoms with Crippen LogP contribution in [0.2, 0.25) is 0 Å². The first-order valence-corrected chi connectivity index (χ1v) is 8.50. The Morgan fingerprint density at radius 2 is 2.08 bits per heavy atom. The van der Waals surface area contributed by atoms with Crippen LogP contribution in [0.5, 0.6) is 0 Å². The van der Waals surface area contributed by atoms with Crippen molar-refractivity contribution in [2.24, 2.45) is 0 Å². The highest BCUT2D eigenvalue weighted by atomic mass is 79.9. The van der Waals surface area contributed by atoms with Gasteiger partial charge in [0.2, 0.25) is 5.82 Å². The molecule has 4 rings (SSSR count). The fourth-order valence-electron chi connectivity index (χ4n) is 2.56. The highest BCUT2D eigenvalue weighted by Crippen LogP contribution is 2.29. The van der Waals surface area contributed by atoms with Crippen molar-refractivity contribution in [3.05, 3.63) is 46.9 Å². The minimum Gasteiger partial charge on any atom is -0.480 e. The Hall–Kier alpha value is -3.07. The van der Waals surface area contributed by atoms with Crippen LogP contribution in [0.1, 0.15) is 13.0 Å². The normalized spacial score (nSPS) is 12.4. The number of rotatable bonds is 4. The van der Waals surface area contributed by atoms with E-state index in [1.54, 1.807) is 25.1 Å². The molecule has 8 nitrogen and oxygen atoms in total. The van der Waals surface area contributed by atoms with Crippen LogP contribution >= 0.6 is 15.9 Å². The van der Waals surface area contributed by atoms with Crippen molar-refractivity contribution in [2.45, 2.75) is 13.0 Å². The number of aromatic nitrogens is 5. The summed E-state index contributed by atoms with van der Waals surface area (Å²) >= 11 is 3.46. The molecule has 2 aromatic carbocycles. The van der Waals surface area contributed by atoms with E-state index in [-0.39, 0.29) is 0 Å². The molecule has 2 aromatic heterocycles. The molecule has 0 spiro atoms. The van der Waals surface area contributed by atoms with Crippen LogP contribution in [0.15, 0.2) is 51.5 Å². The monoisotopic (exact) mass is 413 g/mol. The van der Waals surface area contributed by atoms with Crippen molar-refractivity contribution in [1.82, 2.24) is 25.1 Å². The maximum atomic E-state index is 11.2. The Labute approximate surface area is 155 Å². The third-order valence-corrected chi connectivity index (χ3v) is 4.68. The third-order valence-electron chi connectivity index (χ3n) is 3.98. The van der Waals surface area contributed by atoms with Gasteiger partial charge in [-0.1, -0.05) is 22.5 Å². The topological polar surface area (TPSA) is 107 Å². The molecule has 0 aliphatic heterocycles. The van der Waals surface area contributed by atoms with Crippen LogP contribution in [0.4, 0.5) is 0 Å². The molecule has 0 radical (unpaired) electrons. The van der Waals surface area contributed by atoms with Crippen LogP contribution in [-0.4, -0.2) is 36.2 Å². The van der Waals surface area contributed by atoms with E-state index in [2.05, 4.69) is 36.4 Å². The minimum atomic E-state index is -0.975. The van der Waals surface area contributed by atoms with Gasteiger partial charge >= 0.3 is 5.97 Å². The van der Waals surface area contributed by atoms with Gasteiger partial charge in [-0.3, -0.25) is 0 Å². The Kier molecular flexibility index (Phi) is 4.00. The highest BCUT2D eigenvalue weighted by Gasteiger charge is 2.19. The van der Waals surface area contributed by atoms with E-state index in [1.165, 1.54) is 4.68 Å². The summed E-state index contributed by atoms with van der Waals surface area (Å²) in [5.41, 5.74) is 2.68. The van der Waals surface area contributed by atoms with Crippen molar-refractivity contribution in [1.29, 1.82) is 0 Å². The zero-order valence-corrected chi connectivity index (χ0v) is 15.1. The van der Waals surface area contributed by atoms with Gasteiger partial charge in [-0.05, 0) is 53.2 Å². The summed E-state index contributed by atoms with van der Waals surface area (Å²) in [6.07, 6.45) is 0. The number of carboxylic acids is 1. The summed E-state index contributed by atoms with van der Waals surface area (Å²) in [6, 6.07) is 12.0. The van der Waals surface area contributed by atoms with Crippen LogP contribution in [-0.2, 0) is 4.79 Å². The molecule has 0 saturated carbocycles.